The van der Waals surface area contributed by atoms with E-state index in [2.05, 4.69) is 35.0 Å². The number of methoxy groups -OCH3 is 1. The standard InChI is InChI=1S/C17H26N2O/c1-18-10-5-8-17(13-18)9-11-19(14-17)12-15-6-3-4-7-16(15)20-2/h3-4,6-7H,5,8-14H2,1-2H3/t17-/m1/s1. The lowest BCUT2D eigenvalue weighted by molar-refractivity contribution is 0.112. The lowest BCUT2D eigenvalue weighted by atomic mass is 9.79. The average molecular weight is 274 g/mol. The van der Waals surface area contributed by atoms with Crippen LogP contribution in [-0.2, 0) is 6.54 Å². The maximum absolute atomic E-state index is 5.47. The highest BCUT2D eigenvalue weighted by atomic mass is 16.5. The van der Waals surface area contributed by atoms with E-state index in [1.54, 1.807) is 7.11 Å². The highest BCUT2D eigenvalue weighted by molar-refractivity contribution is 5.33. The quantitative estimate of drug-likeness (QED) is 0.842. The fourth-order valence-electron chi connectivity index (χ4n) is 4.02. The van der Waals surface area contributed by atoms with Gasteiger partial charge in [0, 0.05) is 25.2 Å². The number of hydrogen-bond donors (Lipinski definition) is 0. The summed E-state index contributed by atoms with van der Waals surface area (Å²) in [4.78, 5) is 5.12. The van der Waals surface area contributed by atoms with Crippen molar-refractivity contribution in [3.63, 3.8) is 0 Å². The Morgan fingerprint density at radius 1 is 1.15 bits per heavy atom. The molecule has 0 amide bonds. The fraction of sp³-hybridized carbons (Fsp3) is 0.647. The molecular formula is C17H26N2O. The Bertz CT molecular complexity index is 462. The molecule has 3 nitrogen and oxygen atoms in total. The Morgan fingerprint density at radius 3 is 2.80 bits per heavy atom. The Morgan fingerprint density at radius 2 is 2.00 bits per heavy atom. The summed E-state index contributed by atoms with van der Waals surface area (Å²) in [6.07, 6.45) is 4.12. The monoisotopic (exact) mass is 274 g/mol. The van der Waals surface area contributed by atoms with Crippen LogP contribution in [0.5, 0.6) is 5.75 Å². The van der Waals surface area contributed by atoms with Crippen molar-refractivity contribution in [1.29, 1.82) is 0 Å². The van der Waals surface area contributed by atoms with Gasteiger partial charge in [0.1, 0.15) is 5.75 Å². The predicted octanol–water partition coefficient (Wildman–Crippen LogP) is 2.61. The SMILES string of the molecule is COc1ccccc1CN1CC[C@@]2(CCCN(C)C2)C1. The minimum absolute atomic E-state index is 0.551. The Hall–Kier alpha value is -1.06. The van der Waals surface area contributed by atoms with Crippen LogP contribution >= 0.6 is 0 Å². The molecule has 3 heteroatoms. The van der Waals surface area contributed by atoms with Crippen LogP contribution in [0, 0.1) is 5.41 Å². The average Bonchev–Trinajstić information content (AvgIpc) is 2.81. The van der Waals surface area contributed by atoms with E-state index < -0.39 is 0 Å². The summed E-state index contributed by atoms with van der Waals surface area (Å²) >= 11 is 0. The molecule has 0 saturated carbocycles. The molecule has 2 aliphatic heterocycles. The third kappa shape index (κ3) is 2.84. The van der Waals surface area contributed by atoms with Gasteiger partial charge in [-0.25, -0.2) is 0 Å². The van der Waals surface area contributed by atoms with E-state index in [4.69, 9.17) is 4.74 Å². The third-order valence-corrected chi connectivity index (χ3v) is 4.96. The van der Waals surface area contributed by atoms with E-state index in [0.717, 1.165) is 12.3 Å². The second-order valence-corrected chi connectivity index (χ2v) is 6.61. The van der Waals surface area contributed by atoms with Crippen molar-refractivity contribution < 1.29 is 4.74 Å². The third-order valence-electron chi connectivity index (χ3n) is 4.96. The van der Waals surface area contributed by atoms with Crippen LogP contribution in [0.3, 0.4) is 0 Å². The zero-order valence-corrected chi connectivity index (χ0v) is 12.8. The molecule has 0 unspecified atom stereocenters. The van der Waals surface area contributed by atoms with Crippen molar-refractivity contribution in [3.05, 3.63) is 29.8 Å². The van der Waals surface area contributed by atoms with Gasteiger partial charge >= 0.3 is 0 Å². The maximum atomic E-state index is 5.47. The first-order valence-corrected chi connectivity index (χ1v) is 7.74. The summed E-state index contributed by atoms with van der Waals surface area (Å²) < 4.78 is 5.47. The lowest BCUT2D eigenvalue weighted by Gasteiger charge is -2.38. The summed E-state index contributed by atoms with van der Waals surface area (Å²) in [7, 11) is 4.03. The highest BCUT2D eigenvalue weighted by Crippen LogP contribution is 2.39. The zero-order valence-electron chi connectivity index (χ0n) is 12.8. The Balaban J connectivity index is 1.65. The van der Waals surface area contributed by atoms with Crippen molar-refractivity contribution in [1.82, 2.24) is 9.80 Å². The largest absolute Gasteiger partial charge is 0.496 e. The minimum atomic E-state index is 0.551. The van der Waals surface area contributed by atoms with Crippen LogP contribution in [0.4, 0.5) is 0 Å². The predicted molar refractivity (Wildman–Crippen MR) is 82.1 cm³/mol. The number of para-hydroxylation sites is 1. The van der Waals surface area contributed by atoms with Crippen molar-refractivity contribution in [2.75, 3.05) is 40.3 Å². The van der Waals surface area contributed by atoms with E-state index in [1.807, 2.05) is 6.07 Å². The van der Waals surface area contributed by atoms with Gasteiger partial charge < -0.3 is 9.64 Å². The molecule has 0 aliphatic carbocycles. The highest BCUT2D eigenvalue weighted by Gasteiger charge is 2.40. The first-order valence-electron chi connectivity index (χ1n) is 7.74. The van der Waals surface area contributed by atoms with Crippen LogP contribution in [0.25, 0.3) is 0 Å². The van der Waals surface area contributed by atoms with Gasteiger partial charge in [0.25, 0.3) is 0 Å². The van der Waals surface area contributed by atoms with E-state index in [9.17, 15) is 0 Å². The van der Waals surface area contributed by atoms with E-state index in [-0.39, 0.29) is 0 Å². The van der Waals surface area contributed by atoms with Crippen molar-refractivity contribution in [3.8, 4) is 5.75 Å². The molecule has 1 aromatic rings. The number of hydrogen-bond acceptors (Lipinski definition) is 3. The van der Waals surface area contributed by atoms with Gasteiger partial charge in [-0.1, -0.05) is 18.2 Å². The van der Waals surface area contributed by atoms with Gasteiger partial charge in [-0.3, -0.25) is 4.90 Å². The number of ether oxygens (including phenoxy) is 1. The fourth-order valence-corrected chi connectivity index (χ4v) is 4.02. The summed E-state index contributed by atoms with van der Waals surface area (Å²) in [6, 6.07) is 8.41. The maximum Gasteiger partial charge on any atom is 0.123 e. The molecule has 1 atom stereocenters. The van der Waals surface area contributed by atoms with Gasteiger partial charge in [0.15, 0.2) is 0 Å². The topological polar surface area (TPSA) is 15.7 Å². The van der Waals surface area contributed by atoms with Crippen molar-refractivity contribution in [2.24, 2.45) is 5.41 Å². The summed E-state index contributed by atoms with van der Waals surface area (Å²) in [6.45, 7) is 6.04. The molecule has 2 fully saturated rings. The van der Waals surface area contributed by atoms with Gasteiger partial charge in [0.05, 0.1) is 7.11 Å². The van der Waals surface area contributed by atoms with E-state index in [1.165, 1.54) is 51.0 Å². The number of piperidine rings is 1. The molecule has 0 aromatic heterocycles. The van der Waals surface area contributed by atoms with Crippen LogP contribution in [0.2, 0.25) is 0 Å². The van der Waals surface area contributed by atoms with Crippen LogP contribution < -0.4 is 4.74 Å². The number of rotatable bonds is 3. The molecule has 0 radical (unpaired) electrons. The lowest BCUT2D eigenvalue weighted by Crippen LogP contribution is -2.42. The van der Waals surface area contributed by atoms with Crippen molar-refractivity contribution >= 4 is 0 Å². The molecule has 110 valence electrons. The smallest absolute Gasteiger partial charge is 0.123 e. The van der Waals surface area contributed by atoms with E-state index >= 15 is 0 Å². The molecule has 20 heavy (non-hydrogen) atoms. The molecule has 2 aliphatic rings. The minimum Gasteiger partial charge on any atom is -0.496 e. The number of benzene rings is 1. The van der Waals surface area contributed by atoms with Gasteiger partial charge in [-0.15, -0.1) is 0 Å². The van der Waals surface area contributed by atoms with Gasteiger partial charge in [-0.05, 0) is 50.9 Å². The first-order chi connectivity index (χ1) is 9.71. The molecule has 0 N–H and O–H groups in total. The number of likely N-dealkylation sites (tertiary alicyclic amines) is 2. The molecule has 2 saturated heterocycles. The number of nitrogens with zero attached hydrogens (tertiary/aromatic N) is 2. The van der Waals surface area contributed by atoms with E-state index in [0.29, 0.717) is 5.41 Å². The summed E-state index contributed by atoms with van der Waals surface area (Å²) in [5, 5.41) is 0. The summed E-state index contributed by atoms with van der Waals surface area (Å²) in [5.41, 5.74) is 1.87. The second-order valence-electron chi connectivity index (χ2n) is 6.61. The Labute approximate surface area is 122 Å². The second kappa shape index (κ2) is 5.74. The zero-order chi connectivity index (χ0) is 14.0. The Kier molecular flexibility index (Phi) is 3.99. The molecule has 1 spiro atoms. The van der Waals surface area contributed by atoms with Crippen LogP contribution in [0.1, 0.15) is 24.8 Å². The first kappa shape index (κ1) is 13.9. The van der Waals surface area contributed by atoms with Crippen LogP contribution in [0.15, 0.2) is 24.3 Å². The van der Waals surface area contributed by atoms with Gasteiger partial charge in [-0.2, -0.15) is 0 Å². The normalized spacial score (nSPS) is 28.1. The van der Waals surface area contributed by atoms with Gasteiger partial charge in [0.2, 0.25) is 0 Å². The summed E-state index contributed by atoms with van der Waals surface area (Å²) in [5.74, 6) is 1.02. The molecule has 0 bridgehead atoms. The molecule has 2 heterocycles. The molecule has 1 aromatic carbocycles. The van der Waals surface area contributed by atoms with Crippen molar-refractivity contribution in [2.45, 2.75) is 25.8 Å². The molecular weight excluding hydrogens is 248 g/mol. The van der Waals surface area contributed by atoms with Crippen LogP contribution in [-0.4, -0.2) is 50.1 Å². The molecule has 3 rings (SSSR count).